The maximum Gasteiger partial charge on any atom is 0.133 e. The van der Waals surface area contributed by atoms with Crippen LogP contribution in [0.25, 0.3) is 0 Å². The fourth-order valence-corrected chi connectivity index (χ4v) is 2.00. The number of oxime groups is 1. The van der Waals surface area contributed by atoms with Crippen molar-refractivity contribution in [3.63, 3.8) is 0 Å². The van der Waals surface area contributed by atoms with E-state index >= 15 is 0 Å². The van der Waals surface area contributed by atoms with Gasteiger partial charge in [0.2, 0.25) is 0 Å². The first-order valence-corrected chi connectivity index (χ1v) is 6.67. The average molecular weight is 300 g/mol. The van der Waals surface area contributed by atoms with Gasteiger partial charge in [0.05, 0.1) is 17.3 Å². The first-order valence-electron chi connectivity index (χ1n) is 5.87. The van der Waals surface area contributed by atoms with Crippen LogP contribution in [0, 0.1) is 0 Å². The van der Waals surface area contributed by atoms with E-state index in [1.54, 1.807) is 0 Å². The van der Waals surface area contributed by atoms with Crippen LogP contribution >= 0.6 is 15.9 Å². The number of rotatable bonds is 7. The molecule has 0 spiro atoms. The van der Waals surface area contributed by atoms with Crippen LogP contribution in [0.2, 0.25) is 0 Å². The Labute approximate surface area is 111 Å². The standard InChI is InChI=1S/C13H18BrNO2/c1-2-3-4-5-8-17-13-7-6-11(10-15-16)9-12(13)14/h6-7,9-10,16H,2-5,8H2,1H3. The molecule has 0 amide bonds. The number of nitrogens with zero attached hydrogens (tertiary/aromatic N) is 1. The zero-order valence-corrected chi connectivity index (χ0v) is 11.6. The molecule has 0 atom stereocenters. The number of unbranched alkanes of at least 4 members (excludes halogenated alkanes) is 3. The minimum atomic E-state index is 0.742. The van der Waals surface area contributed by atoms with Gasteiger partial charge in [-0.1, -0.05) is 31.3 Å². The maximum absolute atomic E-state index is 8.43. The Morgan fingerprint density at radius 2 is 2.18 bits per heavy atom. The summed E-state index contributed by atoms with van der Waals surface area (Å²) in [5.41, 5.74) is 0.831. The van der Waals surface area contributed by atoms with Gasteiger partial charge >= 0.3 is 0 Å². The highest BCUT2D eigenvalue weighted by molar-refractivity contribution is 9.10. The van der Waals surface area contributed by atoms with Crippen LogP contribution in [0.4, 0.5) is 0 Å². The Kier molecular flexibility index (Phi) is 6.70. The lowest BCUT2D eigenvalue weighted by Gasteiger charge is -2.08. The number of hydrogen-bond acceptors (Lipinski definition) is 3. The molecular formula is C13H18BrNO2. The summed E-state index contributed by atoms with van der Waals surface area (Å²) in [7, 11) is 0. The van der Waals surface area contributed by atoms with E-state index in [2.05, 4.69) is 28.0 Å². The molecule has 0 saturated carbocycles. The van der Waals surface area contributed by atoms with E-state index in [1.807, 2.05) is 18.2 Å². The summed E-state index contributed by atoms with van der Waals surface area (Å²) in [5.74, 6) is 0.830. The summed E-state index contributed by atoms with van der Waals surface area (Å²) in [4.78, 5) is 0. The highest BCUT2D eigenvalue weighted by Crippen LogP contribution is 2.25. The lowest BCUT2D eigenvalue weighted by molar-refractivity contribution is 0.303. The molecule has 0 bridgehead atoms. The first kappa shape index (κ1) is 14.0. The summed E-state index contributed by atoms with van der Waals surface area (Å²) in [6.45, 7) is 2.94. The minimum Gasteiger partial charge on any atom is -0.492 e. The molecule has 0 aliphatic heterocycles. The lowest BCUT2D eigenvalue weighted by Crippen LogP contribution is -1.98. The predicted molar refractivity (Wildman–Crippen MR) is 73.2 cm³/mol. The van der Waals surface area contributed by atoms with Crippen molar-refractivity contribution in [1.29, 1.82) is 0 Å². The molecule has 0 fully saturated rings. The smallest absolute Gasteiger partial charge is 0.133 e. The number of ether oxygens (including phenoxy) is 1. The Morgan fingerprint density at radius 3 is 2.82 bits per heavy atom. The molecule has 0 radical (unpaired) electrons. The second kappa shape index (κ2) is 8.12. The molecule has 1 aromatic carbocycles. The molecule has 1 aromatic rings. The molecule has 1 N–H and O–H groups in total. The van der Waals surface area contributed by atoms with Gasteiger partial charge in [-0.05, 0) is 46.1 Å². The van der Waals surface area contributed by atoms with Gasteiger partial charge in [0.15, 0.2) is 0 Å². The summed E-state index contributed by atoms with van der Waals surface area (Å²) >= 11 is 3.43. The van der Waals surface area contributed by atoms with Crippen LogP contribution in [0.1, 0.15) is 38.2 Å². The molecule has 0 aliphatic rings. The van der Waals surface area contributed by atoms with E-state index in [9.17, 15) is 0 Å². The monoisotopic (exact) mass is 299 g/mol. The van der Waals surface area contributed by atoms with Crippen molar-refractivity contribution in [2.24, 2.45) is 5.16 Å². The van der Waals surface area contributed by atoms with Crippen molar-refractivity contribution in [1.82, 2.24) is 0 Å². The normalized spacial score (nSPS) is 10.9. The van der Waals surface area contributed by atoms with Crippen molar-refractivity contribution in [2.75, 3.05) is 6.61 Å². The molecule has 4 heteroatoms. The summed E-state index contributed by atoms with van der Waals surface area (Å²) in [5, 5.41) is 11.4. The third-order valence-corrected chi connectivity index (χ3v) is 3.04. The van der Waals surface area contributed by atoms with Gasteiger partial charge < -0.3 is 9.94 Å². The second-order valence-electron chi connectivity index (χ2n) is 3.84. The Bertz CT molecular complexity index is 366. The van der Waals surface area contributed by atoms with Crippen LogP contribution in [0.3, 0.4) is 0 Å². The molecule has 0 saturated heterocycles. The van der Waals surface area contributed by atoms with E-state index in [1.165, 1.54) is 25.5 Å². The molecule has 0 aromatic heterocycles. The number of halogens is 1. The van der Waals surface area contributed by atoms with Gasteiger partial charge in [-0.25, -0.2) is 0 Å². The van der Waals surface area contributed by atoms with Crippen LogP contribution in [0.15, 0.2) is 27.8 Å². The molecule has 94 valence electrons. The Hall–Kier alpha value is -1.03. The summed E-state index contributed by atoms with van der Waals surface area (Å²) < 4.78 is 6.54. The van der Waals surface area contributed by atoms with E-state index in [-0.39, 0.29) is 0 Å². The maximum atomic E-state index is 8.43. The number of hydrogen-bond donors (Lipinski definition) is 1. The Balaban J connectivity index is 2.43. The zero-order valence-electron chi connectivity index (χ0n) is 10.0. The van der Waals surface area contributed by atoms with Crippen molar-refractivity contribution < 1.29 is 9.94 Å². The zero-order chi connectivity index (χ0) is 12.5. The van der Waals surface area contributed by atoms with Crippen molar-refractivity contribution in [3.8, 4) is 5.75 Å². The molecule has 0 aliphatic carbocycles. The topological polar surface area (TPSA) is 41.8 Å². The van der Waals surface area contributed by atoms with Crippen LogP contribution in [-0.2, 0) is 0 Å². The quantitative estimate of drug-likeness (QED) is 0.354. The Morgan fingerprint density at radius 1 is 1.35 bits per heavy atom. The van der Waals surface area contributed by atoms with E-state index in [4.69, 9.17) is 9.94 Å². The lowest BCUT2D eigenvalue weighted by atomic mass is 10.2. The molecule has 3 nitrogen and oxygen atoms in total. The highest BCUT2D eigenvalue weighted by Gasteiger charge is 2.01. The third-order valence-electron chi connectivity index (χ3n) is 2.42. The summed E-state index contributed by atoms with van der Waals surface area (Å²) in [6.07, 6.45) is 6.18. The average Bonchev–Trinajstić information content (AvgIpc) is 2.32. The van der Waals surface area contributed by atoms with Crippen molar-refractivity contribution in [2.45, 2.75) is 32.6 Å². The predicted octanol–water partition coefficient (Wildman–Crippen LogP) is 4.22. The van der Waals surface area contributed by atoms with E-state index < -0.39 is 0 Å². The molecule has 1 rings (SSSR count). The van der Waals surface area contributed by atoms with Crippen LogP contribution in [-0.4, -0.2) is 18.0 Å². The van der Waals surface area contributed by atoms with Gasteiger partial charge in [-0.15, -0.1) is 0 Å². The van der Waals surface area contributed by atoms with Gasteiger partial charge in [-0.2, -0.15) is 0 Å². The second-order valence-corrected chi connectivity index (χ2v) is 4.70. The first-order chi connectivity index (χ1) is 8.27. The molecule has 0 unspecified atom stereocenters. The number of benzene rings is 1. The van der Waals surface area contributed by atoms with E-state index in [0.717, 1.165) is 28.8 Å². The van der Waals surface area contributed by atoms with Gasteiger partial charge in [-0.3, -0.25) is 0 Å². The van der Waals surface area contributed by atoms with Crippen molar-refractivity contribution in [3.05, 3.63) is 28.2 Å². The van der Waals surface area contributed by atoms with Crippen LogP contribution in [0.5, 0.6) is 5.75 Å². The summed E-state index contributed by atoms with van der Waals surface area (Å²) in [6, 6.07) is 5.59. The molecule has 0 heterocycles. The largest absolute Gasteiger partial charge is 0.492 e. The highest BCUT2D eigenvalue weighted by atomic mass is 79.9. The van der Waals surface area contributed by atoms with E-state index in [0.29, 0.717) is 0 Å². The molecular weight excluding hydrogens is 282 g/mol. The van der Waals surface area contributed by atoms with Gasteiger partial charge in [0.25, 0.3) is 0 Å². The third kappa shape index (κ3) is 5.22. The minimum absolute atomic E-state index is 0.742. The van der Waals surface area contributed by atoms with Gasteiger partial charge in [0, 0.05) is 0 Å². The van der Waals surface area contributed by atoms with Crippen LogP contribution < -0.4 is 4.74 Å². The van der Waals surface area contributed by atoms with Gasteiger partial charge in [0.1, 0.15) is 5.75 Å². The van der Waals surface area contributed by atoms with Crippen molar-refractivity contribution >= 4 is 22.1 Å². The SMILES string of the molecule is CCCCCCOc1ccc(C=NO)cc1Br. The molecule has 17 heavy (non-hydrogen) atoms. The fourth-order valence-electron chi connectivity index (χ4n) is 1.49. The fraction of sp³-hybridized carbons (Fsp3) is 0.462.